The molecule has 0 heterocycles. The molecule has 6 unspecified atom stereocenters. The molecule has 0 saturated heterocycles. The van der Waals surface area contributed by atoms with E-state index in [-0.39, 0.29) is 11.6 Å². The van der Waals surface area contributed by atoms with Crippen molar-refractivity contribution in [2.75, 3.05) is 0 Å². The second-order valence-electron chi connectivity index (χ2n) is 7.28. The molecule has 1 nitrogen and oxygen atoms in total. The van der Waals surface area contributed by atoms with Crippen molar-refractivity contribution in [1.29, 1.82) is 0 Å². The molecule has 0 spiro atoms. The van der Waals surface area contributed by atoms with Gasteiger partial charge in [0.15, 0.2) is 0 Å². The maximum atomic E-state index is 13.9. The number of benzene rings is 1. The van der Waals surface area contributed by atoms with Crippen LogP contribution in [0, 0.1) is 35.3 Å². The quantitative estimate of drug-likeness (QED) is 0.868. The third-order valence-electron chi connectivity index (χ3n) is 6.33. The van der Waals surface area contributed by atoms with Crippen molar-refractivity contribution in [2.45, 2.75) is 51.1 Å². The maximum Gasteiger partial charge on any atom is 0.130 e. The van der Waals surface area contributed by atoms with Crippen molar-refractivity contribution in [2.24, 2.45) is 23.7 Å². The molecule has 3 aliphatic carbocycles. The van der Waals surface area contributed by atoms with E-state index in [0.29, 0.717) is 6.04 Å². The highest BCUT2D eigenvalue weighted by Gasteiger charge is 2.53. The number of halogens is 2. The summed E-state index contributed by atoms with van der Waals surface area (Å²) >= 11 is 0. The van der Waals surface area contributed by atoms with E-state index < -0.39 is 11.6 Å². The second-order valence-corrected chi connectivity index (χ2v) is 7.28. The second kappa shape index (κ2) is 5.05. The molecule has 21 heavy (non-hydrogen) atoms. The smallest absolute Gasteiger partial charge is 0.130 e. The van der Waals surface area contributed by atoms with Gasteiger partial charge in [-0.3, -0.25) is 0 Å². The van der Waals surface area contributed by atoms with Crippen LogP contribution in [-0.2, 0) is 0 Å². The van der Waals surface area contributed by atoms with E-state index >= 15 is 0 Å². The fraction of sp³-hybridized carbons (Fsp3) is 0.667. The van der Waals surface area contributed by atoms with Crippen LogP contribution in [0.25, 0.3) is 0 Å². The van der Waals surface area contributed by atoms with Gasteiger partial charge in [0.05, 0.1) is 0 Å². The zero-order chi connectivity index (χ0) is 14.6. The topological polar surface area (TPSA) is 12.0 Å². The van der Waals surface area contributed by atoms with Gasteiger partial charge in [-0.05, 0) is 68.4 Å². The Labute approximate surface area is 125 Å². The number of fused-ring (bicyclic) bond motifs is 5. The predicted molar refractivity (Wildman–Crippen MR) is 78.7 cm³/mol. The third kappa shape index (κ3) is 2.12. The Morgan fingerprint density at radius 3 is 2.52 bits per heavy atom. The fourth-order valence-corrected chi connectivity index (χ4v) is 5.59. The van der Waals surface area contributed by atoms with Crippen molar-refractivity contribution >= 4 is 0 Å². The van der Waals surface area contributed by atoms with Gasteiger partial charge in [0.25, 0.3) is 0 Å². The molecule has 1 aromatic rings. The van der Waals surface area contributed by atoms with E-state index in [1.165, 1.54) is 50.3 Å². The molecular formula is C18H23F2N. The number of hydrogen-bond acceptors (Lipinski definition) is 1. The highest BCUT2D eigenvalue weighted by molar-refractivity contribution is 5.23. The van der Waals surface area contributed by atoms with Gasteiger partial charge < -0.3 is 5.32 Å². The van der Waals surface area contributed by atoms with Gasteiger partial charge in [-0.1, -0.05) is 12.5 Å². The van der Waals surface area contributed by atoms with Crippen LogP contribution in [0.3, 0.4) is 0 Å². The molecule has 4 rings (SSSR count). The Morgan fingerprint density at radius 1 is 1.05 bits per heavy atom. The Hall–Kier alpha value is -0.960. The lowest BCUT2D eigenvalue weighted by atomic mass is 9.79. The maximum absolute atomic E-state index is 13.9. The van der Waals surface area contributed by atoms with Crippen molar-refractivity contribution in [3.63, 3.8) is 0 Å². The van der Waals surface area contributed by atoms with E-state index in [2.05, 4.69) is 5.32 Å². The van der Waals surface area contributed by atoms with Crippen LogP contribution in [0.2, 0.25) is 0 Å². The van der Waals surface area contributed by atoms with Gasteiger partial charge in [-0.15, -0.1) is 0 Å². The molecule has 0 aromatic heterocycles. The molecule has 0 radical (unpaired) electrons. The monoisotopic (exact) mass is 291 g/mol. The van der Waals surface area contributed by atoms with Crippen LogP contribution in [-0.4, -0.2) is 6.04 Å². The molecule has 3 saturated carbocycles. The largest absolute Gasteiger partial charge is 0.307 e. The van der Waals surface area contributed by atoms with Crippen molar-refractivity contribution in [3.8, 4) is 0 Å². The van der Waals surface area contributed by atoms with Crippen LogP contribution < -0.4 is 5.32 Å². The average molecular weight is 291 g/mol. The van der Waals surface area contributed by atoms with Crippen LogP contribution in [0.15, 0.2) is 18.2 Å². The highest BCUT2D eigenvalue weighted by Crippen LogP contribution is 2.58. The molecule has 3 aliphatic rings. The minimum absolute atomic E-state index is 0.197. The molecule has 3 heteroatoms. The first-order valence-corrected chi connectivity index (χ1v) is 8.35. The minimum Gasteiger partial charge on any atom is -0.307 e. The van der Waals surface area contributed by atoms with Crippen molar-refractivity contribution < 1.29 is 8.78 Å². The van der Waals surface area contributed by atoms with Gasteiger partial charge >= 0.3 is 0 Å². The summed E-state index contributed by atoms with van der Waals surface area (Å²) in [6.45, 7) is 1.89. The van der Waals surface area contributed by atoms with Gasteiger partial charge in [0.2, 0.25) is 0 Å². The molecule has 0 amide bonds. The Bertz CT molecular complexity index is 524. The SMILES string of the molecule is CC(NC1CC2CC1C1CCCC21)c1c(F)cccc1F. The zero-order valence-corrected chi connectivity index (χ0v) is 12.5. The number of hydrogen-bond donors (Lipinski definition) is 1. The van der Waals surface area contributed by atoms with Gasteiger partial charge in [0, 0.05) is 17.6 Å². The van der Waals surface area contributed by atoms with Crippen LogP contribution in [0.1, 0.15) is 50.6 Å². The van der Waals surface area contributed by atoms with Crippen LogP contribution >= 0.6 is 0 Å². The van der Waals surface area contributed by atoms with Crippen molar-refractivity contribution in [3.05, 3.63) is 35.4 Å². The Balaban J connectivity index is 1.50. The summed E-state index contributed by atoms with van der Waals surface area (Å²) in [7, 11) is 0. The summed E-state index contributed by atoms with van der Waals surface area (Å²) in [5, 5.41) is 3.54. The van der Waals surface area contributed by atoms with Gasteiger partial charge in [-0.25, -0.2) is 8.78 Å². The molecule has 0 aliphatic heterocycles. The molecule has 1 aromatic carbocycles. The molecular weight excluding hydrogens is 268 g/mol. The Kier molecular flexibility index (Phi) is 3.29. The molecule has 6 atom stereocenters. The standard InChI is InChI=1S/C18H23F2N/c1-10(18-15(19)6-3-7-16(18)20)21-17-9-11-8-14(17)13-5-2-4-12(11)13/h3,6-7,10-14,17,21H,2,4-5,8-9H2,1H3. The summed E-state index contributed by atoms with van der Waals surface area (Å²) < 4.78 is 27.8. The summed E-state index contributed by atoms with van der Waals surface area (Å²) in [5.41, 5.74) is 0.197. The summed E-state index contributed by atoms with van der Waals surface area (Å²) in [4.78, 5) is 0. The molecule has 1 N–H and O–H groups in total. The molecule has 114 valence electrons. The van der Waals surface area contributed by atoms with E-state index in [0.717, 1.165) is 23.7 Å². The lowest BCUT2D eigenvalue weighted by Crippen LogP contribution is -2.40. The lowest BCUT2D eigenvalue weighted by Gasteiger charge is -2.34. The van der Waals surface area contributed by atoms with Crippen molar-refractivity contribution in [1.82, 2.24) is 5.32 Å². The first kappa shape index (κ1) is 13.7. The first-order valence-electron chi connectivity index (χ1n) is 8.35. The van der Waals surface area contributed by atoms with Crippen LogP contribution in [0.4, 0.5) is 8.78 Å². The van der Waals surface area contributed by atoms with Gasteiger partial charge in [-0.2, -0.15) is 0 Å². The molecule has 2 bridgehead atoms. The summed E-state index contributed by atoms with van der Waals surface area (Å²) in [6, 6.07) is 4.33. The van der Waals surface area contributed by atoms with Gasteiger partial charge in [0.1, 0.15) is 11.6 Å². The summed E-state index contributed by atoms with van der Waals surface area (Å²) in [6.07, 6.45) is 6.70. The third-order valence-corrected chi connectivity index (χ3v) is 6.33. The van der Waals surface area contributed by atoms with Crippen LogP contribution in [0.5, 0.6) is 0 Å². The minimum atomic E-state index is -0.433. The number of rotatable bonds is 3. The first-order chi connectivity index (χ1) is 10.1. The summed E-state index contributed by atoms with van der Waals surface area (Å²) in [5.74, 6) is 2.55. The zero-order valence-electron chi connectivity index (χ0n) is 12.5. The van der Waals surface area contributed by atoms with E-state index in [9.17, 15) is 8.78 Å². The Morgan fingerprint density at radius 2 is 1.76 bits per heavy atom. The predicted octanol–water partition coefficient (Wildman–Crippen LogP) is 4.44. The van der Waals surface area contributed by atoms with E-state index in [4.69, 9.17) is 0 Å². The number of nitrogens with one attached hydrogen (secondary N) is 1. The lowest BCUT2D eigenvalue weighted by molar-refractivity contribution is 0.199. The molecule has 3 fully saturated rings. The van der Waals surface area contributed by atoms with E-state index in [1.54, 1.807) is 0 Å². The van der Waals surface area contributed by atoms with E-state index in [1.807, 2.05) is 6.92 Å². The highest BCUT2D eigenvalue weighted by atomic mass is 19.1. The fourth-order valence-electron chi connectivity index (χ4n) is 5.59. The normalized spacial score (nSPS) is 38.7. The average Bonchev–Trinajstić information content (AvgIpc) is 3.09.